The SMILES string of the molecule is OC(c1cccc2ncccc12)C1Cc2ccccc21. The molecule has 3 aromatic rings. The summed E-state index contributed by atoms with van der Waals surface area (Å²) in [6.07, 6.45) is 2.28. The number of fused-ring (bicyclic) bond motifs is 2. The van der Waals surface area contributed by atoms with Crippen LogP contribution in [0.1, 0.15) is 28.7 Å². The summed E-state index contributed by atoms with van der Waals surface area (Å²) in [5.41, 5.74) is 4.56. The number of rotatable bonds is 2. The van der Waals surface area contributed by atoms with Crippen molar-refractivity contribution in [3.8, 4) is 0 Å². The van der Waals surface area contributed by atoms with E-state index in [-0.39, 0.29) is 5.92 Å². The van der Waals surface area contributed by atoms with Gasteiger partial charge in [0.15, 0.2) is 0 Å². The van der Waals surface area contributed by atoms with Crippen LogP contribution >= 0.6 is 0 Å². The Labute approximate surface area is 117 Å². The quantitative estimate of drug-likeness (QED) is 0.764. The maximum Gasteiger partial charge on any atom is 0.0868 e. The molecule has 0 saturated heterocycles. The third-order valence-corrected chi connectivity index (χ3v) is 4.27. The molecule has 2 aromatic carbocycles. The number of nitrogens with zero attached hydrogens (tertiary/aromatic N) is 1. The lowest BCUT2D eigenvalue weighted by Gasteiger charge is -2.34. The summed E-state index contributed by atoms with van der Waals surface area (Å²) in [7, 11) is 0. The van der Waals surface area contributed by atoms with Gasteiger partial charge < -0.3 is 5.11 Å². The minimum Gasteiger partial charge on any atom is -0.388 e. The van der Waals surface area contributed by atoms with E-state index >= 15 is 0 Å². The second-order valence-electron chi connectivity index (χ2n) is 5.37. The van der Waals surface area contributed by atoms with E-state index in [9.17, 15) is 5.11 Å². The van der Waals surface area contributed by atoms with E-state index in [0.29, 0.717) is 0 Å². The first-order valence-corrected chi connectivity index (χ1v) is 6.94. The van der Waals surface area contributed by atoms with Crippen molar-refractivity contribution in [3.05, 3.63) is 77.5 Å². The predicted molar refractivity (Wildman–Crippen MR) is 79.6 cm³/mol. The summed E-state index contributed by atoms with van der Waals surface area (Å²) in [4.78, 5) is 4.36. The highest BCUT2D eigenvalue weighted by atomic mass is 16.3. The highest BCUT2D eigenvalue weighted by Gasteiger charge is 2.33. The van der Waals surface area contributed by atoms with Gasteiger partial charge in [-0.3, -0.25) is 4.98 Å². The van der Waals surface area contributed by atoms with E-state index in [0.717, 1.165) is 22.9 Å². The first-order valence-electron chi connectivity index (χ1n) is 6.94. The van der Waals surface area contributed by atoms with Crippen LogP contribution in [0.3, 0.4) is 0 Å². The summed E-state index contributed by atoms with van der Waals surface area (Å²) in [5, 5.41) is 11.8. The third-order valence-electron chi connectivity index (χ3n) is 4.27. The van der Waals surface area contributed by atoms with E-state index in [4.69, 9.17) is 0 Å². The van der Waals surface area contributed by atoms with Gasteiger partial charge in [0.05, 0.1) is 11.6 Å². The Kier molecular flexibility index (Phi) is 2.57. The Morgan fingerprint density at radius 3 is 2.80 bits per heavy atom. The first kappa shape index (κ1) is 11.6. The highest BCUT2D eigenvalue weighted by Crippen LogP contribution is 2.44. The van der Waals surface area contributed by atoms with Crippen LogP contribution in [0.5, 0.6) is 0 Å². The van der Waals surface area contributed by atoms with Crippen molar-refractivity contribution in [2.24, 2.45) is 0 Å². The van der Waals surface area contributed by atoms with Gasteiger partial charge in [-0.05, 0) is 35.2 Å². The van der Waals surface area contributed by atoms with Gasteiger partial charge in [-0.25, -0.2) is 0 Å². The van der Waals surface area contributed by atoms with E-state index < -0.39 is 6.10 Å². The fraction of sp³-hybridized carbons (Fsp3) is 0.167. The second-order valence-corrected chi connectivity index (χ2v) is 5.37. The molecule has 1 N–H and O–H groups in total. The number of aliphatic hydroxyl groups excluding tert-OH is 1. The molecule has 2 heteroatoms. The van der Waals surface area contributed by atoms with E-state index in [2.05, 4.69) is 23.2 Å². The van der Waals surface area contributed by atoms with Crippen molar-refractivity contribution in [1.29, 1.82) is 0 Å². The Hall–Kier alpha value is -2.19. The molecule has 0 spiro atoms. The van der Waals surface area contributed by atoms with Crippen molar-refractivity contribution in [3.63, 3.8) is 0 Å². The molecule has 1 heterocycles. The number of hydrogen-bond acceptors (Lipinski definition) is 2. The fourth-order valence-electron chi connectivity index (χ4n) is 3.18. The molecular weight excluding hydrogens is 246 g/mol. The molecule has 2 atom stereocenters. The van der Waals surface area contributed by atoms with Gasteiger partial charge >= 0.3 is 0 Å². The zero-order valence-corrected chi connectivity index (χ0v) is 11.0. The van der Waals surface area contributed by atoms with Gasteiger partial charge in [-0.1, -0.05) is 42.5 Å². The number of aliphatic hydroxyl groups is 1. The maximum absolute atomic E-state index is 10.8. The average Bonchev–Trinajstić information content (AvgIpc) is 2.48. The molecule has 1 aliphatic carbocycles. The molecule has 20 heavy (non-hydrogen) atoms. The minimum absolute atomic E-state index is 0.206. The molecule has 0 bridgehead atoms. The molecule has 0 saturated carbocycles. The molecule has 98 valence electrons. The van der Waals surface area contributed by atoms with Gasteiger partial charge in [0, 0.05) is 17.5 Å². The van der Waals surface area contributed by atoms with Crippen LogP contribution < -0.4 is 0 Å². The molecule has 0 fully saturated rings. The molecule has 2 unspecified atom stereocenters. The monoisotopic (exact) mass is 261 g/mol. The second kappa shape index (κ2) is 4.43. The van der Waals surface area contributed by atoms with Crippen molar-refractivity contribution in [2.45, 2.75) is 18.4 Å². The molecule has 0 aliphatic heterocycles. The normalized spacial score (nSPS) is 18.4. The summed E-state index contributed by atoms with van der Waals surface area (Å²) >= 11 is 0. The predicted octanol–water partition coefficient (Wildman–Crippen LogP) is 3.61. The van der Waals surface area contributed by atoms with Crippen LogP contribution in [-0.4, -0.2) is 10.1 Å². The zero-order chi connectivity index (χ0) is 13.5. The first-order chi connectivity index (χ1) is 9.84. The summed E-state index contributed by atoms with van der Waals surface area (Å²) in [5.74, 6) is 0.206. The van der Waals surface area contributed by atoms with Crippen molar-refractivity contribution < 1.29 is 5.11 Å². The zero-order valence-electron chi connectivity index (χ0n) is 11.0. The molecule has 2 nitrogen and oxygen atoms in total. The fourth-order valence-corrected chi connectivity index (χ4v) is 3.18. The topological polar surface area (TPSA) is 33.1 Å². The Balaban J connectivity index is 1.77. The number of hydrogen-bond donors (Lipinski definition) is 1. The molecule has 0 radical (unpaired) electrons. The lowest BCUT2D eigenvalue weighted by Crippen LogP contribution is -2.23. The van der Waals surface area contributed by atoms with Crippen molar-refractivity contribution >= 4 is 10.9 Å². The summed E-state index contributed by atoms with van der Waals surface area (Å²) < 4.78 is 0. The molecular formula is C18H15NO. The maximum atomic E-state index is 10.8. The van der Waals surface area contributed by atoms with Crippen LogP contribution in [-0.2, 0) is 6.42 Å². The van der Waals surface area contributed by atoms with Crippen molar-refractivity contribution in [1.82, 2.24) is 4.98 Å². The number of benzene rings is 2. The van der Waals surface area contributed by atoms with Crippen molar-refractivity contribution in [2.75, 3.05) is 0 Å². The smallest absolute Gasteiger partial charge is 0.0868 e. The van der Waals surface area contributed by atoms with Gasteiger partial charge in [-0.15, -0.1) is 0 Å². The lowest BCUT2D eigenvalue weighted by atomic mass is 9.72. The van der Waals surface area contributed by atoms with Crippen LogP contribution in [0.25, 0.3) is 10.9 Å². The molecule has 4 rings (SSSR count). The number of aromatic nitrogens is 1. The standard InChI is InChI=1S/C18H15NO/c20-18(16-11-12-5-1-2-6-13(12)16)15-7-3-9-17-14(15)8-4-10-19-17/h1-10,16,18,20H,11H2. The summed E-state index contributed by atoms with van der Waals surface area (Å²) in [6, 6.07) is 18.3. The molecule has 1 aromatic heterocycles. The third kappa shape index (κ3) is 1.65. The summed E-state index contributed by atoms with van der Waals surface area (Å²) in [6.45, 7) is 0. The molecule has 0 amide bonds. The van der Waals surface area contributed by atoms with Crippen LogP contribution in [0.2, 0.25) is 0 Å². The van der Waals surface area contributed by atoms with Crippen LogP contribution in [0.4, 0.5) is 0 Å². The Morgan fingerprint density at radius 2 is 1.90 bits per heavy atom. The van der Waals surface area contributed by atoms with Crippen LogP contribution in [0.15, 0.2) is 60.8 Å². The largest absolute Gasteiger partial charge is 0.388 e. The lowest BCUT2D eigenvalue weighted by molar-refractivity contribution is 0.136. The van der Waals surface area contributed by atoms with Crippen LogP contribution in [0, 0.1) is 0 Å². The minimum atomic E-state index is -0.460. The Morgan fingerprint density at radius 1 is 1.00 bits per heavy atom. The van der Waals surface area contributed by atoms with Gasteiger partial charge in [0.25, 0.3) is 0 Å². The van der Waals surface area contributed by atoms with Gasteiger partial charge in [0.2, 0.25) is 0 Å². The Bertz CT molecular complexity index is 776. The molecule has 1 aliphatic rings. The number of pyridine rings is 1. The van der Waals surface area contributed by atoms with E-state index in [1.54, 1.807) is 6.20 Å². The average molecular weight is 261 g/mol. The van der Waals surface area contributed by atoms with E-state index in [1.807, 2.05) is 36.4 Å². The van der Waals surface area contributed by atoms with E-state index in [1.165, 1.54) is 11.1 Å². The van der Waals surface area contributed by atoms with Gasteiger partial charge in [0.1, 0.15) is 0 Å². The van der Waals surface area contributed by atoms with Gasteiger partial charge in [-0.2, -0.15) is 0 Å². The highest BCUT2D eigenvalue weighted by molar-refractivity contribution is 5.82.